The minimum absolute atomic E-state index is 0.290. The highest BCUT2D eigenvalue weighted by Gasteiger charge is 2.56. The fourth-order valence-corrected chi connectivity index (χ4v) is 10.9. The second-order valence-electron chi connectivity index (χ2n) is 12.6. The average molecular weight is 712 g/mol. The van der Waals surface area contributed by atoms with Gasteiger partial charge in [-0.05, 0) is 79.8 Å². The van der Waals surface area contributed by atoms with Crippen molar-refractivity contribution in [3.63, 3.8) is 0 Å². The molecule has 1 aliphatic rings. The molecular formula is C42H34NO8P. The molecule has 0 radical (unpaired) electrons. The quantitative estimate of drug-likeness (QED) is 0.0633. The standard InChI is InChI=1S/C42H34NO8P/c1-47-28-19-29(48-2)22-32(21-28)52(46,33-23-30(49-3)20-31(24-33)50-4)41-40-37(51-42(41)43(44)45)17-16-35-36(25-10-6-5-7-11-25)18-27-15-14-26-12-8-9-13-34(26)38(27)39(35)40/h5-24,41-42H,1-4H3/t41-,42-/m1/s1. The maximum absolute atomic E-state index is 16.8. The van der Waals surface area contributed by atoms with Gasteiger partial charge in [-0.15, -0.1) is 0 Å². The highest BCUT2D eigenvalue weighted by molar-refractivity contribution is 7.79. The molecule has 0 fully saturated rings. The van der Waals surface area contributed by atoms with E-state index >= 15 is 4.57 Å². The molecule has 0 aromatic heterocycles. The van der Waals surface area contributed by atoms with E-state index in [1.54, 1.807) is 42.5 Å². The Kier molecular flexibility index (Phi) is 8.23. The first-order chi connectivity index (χ1) is 25.3. The SMILES string of the molecule is COc1cc(OC)cc(P(=O)(c2cc(OC)cc(OC)c2)[C@@H]2c3c(ccc4c(-c5ccccc5)cc5ccc6ccccc6c5c34)O[C@H]2[N+](=O)[O-])c1. The summed E-state index contributed by atoms with van der Waals surface area (Å²) >= 11 is 0. The van der Waals surface area contributed by atoms with Gasteiger partial charge in [0.25, 0.3) is 0 Å². The van der Waals surface area contributed by atoms with E-state index in [0.29, 0.717) is 34.3 Å². The average Bonchev–Trinajstić information content (AvgIpc) is 3.61. The van der Waals surface area contributed by atoms with Gasteiger partial charge in [0, 0.05) is 28.3 Å². The summed E-state index contributed by atoms with van der Waals surface area (Å²) in [6.07, 6.45) is -1.72. The van der Waals surface area contributed by atoms with Gasteiger partial charge in [0.2, 0.25) is 0 Å². The third-order valence-corrected chi connectivity index (χ3v) is 13.3. The Morgan fingerprint density at radius 2 is 1.17 bits per heavy atom. The van der Waals surface area contributed by atoms with Crippen LogP contribution in [0.4, 0.5) is 0 Å². The summed E-state index contributed by atoms with van der Waals surface area (Å²) < 4.78 is 45.7. The molecule has 7 aromatic carbocycles. The van der Waals surface area contributed by atoms with Gasteiger partial charge in [-0.2, -0.15) is 0 Å². The van der Waals surface area contributed by atoms with Crippen molar-refractivity contribution in [2.75, 3.05) is 28.4 Å². The topological polar surface area (TPSA) is 106 Å². The van der Waals surface area contributed by atoms with E-state index in [1.807, 2.05) is 60.7 Å². The Labute approximate surface area is 299 Å². The van der Waals surface area contributed by atoms with Crippen LogP contribution in [0.15, 0.2) is 121 Å². The van der Waals surface area contributed by atoms with Crippen LogP contribution in [-0.2, 0) is 4.57 Å². The molecule has 8 rings (SSSR count). The molecule has 0 saturated heterocycles. The second kappa shape index (κ2) is 12.9. The van der Waals surface area contributed by atoms with Gasteiger partial charge in [0.15, 0.2) is 12.8 Å². The molecule has 0 unspecified atom stereocenters. The number of fused-ring (bicyclic) bond motifs is 7. The van der Waals surface area contributed by atoms with Gasteiger partial charge in [-0.25, -0.2) is 0 Å². The Hall–Kier alpha value is -6.05. The van der Waals surface area contributed by atoms with Gasteiger partial charge < -0.3 is 28.2 Å². The van der Waals surface area contributed by atoms with Crippen molar-refractivity contribution < 1.29 is 33.2 Å². The van der Waals surface area contributed by atoms with Gasteiger partial charge in [0.05, 0.1) is 33.4 Å². The molecule has 1 aliphatic heterocycles. The second-order valence-corrected chi connectivity index (χ2v) is 15.5. The molecule has 7 aromatic rings. The molecule has 260 valence electrons. The highest BCUT2D eigenvalue weighted by Crippen LogP contribution is 2.66. The summed E-state index contributed by atoms with van der Waals surface area (Å²) in [7, 11) is 1.82. The van der Waals surface area contributed by atoms with E-state index in [0.717, 1.165) is 43.4 Å². The van der Waals surface area contributed by atoms with Crippen LogP contribution in [0.25, 0.3) is 43.4 Å². The first-order valence-corrected chi connectivity index (χ1v) is 18.4. The Bertz CT molecular complexity index is 2480. The van der Waals surface area contributed by atoms with Crippen LogP contribution in [0.5, 0.6) is 28.7 Å². The minimum Gasteiger partial charge on any atom is -0.497 e. The molecule has 52 heavy (non-hydrogen) atoms. The van der Waals surface area contributed by atoms with Crippen molar-refractivity contribution in [1.82, 2.24) is 0 Å². The first kappa shape index (κ1) is 33.1. The lowest BCUT2D eigenvalue weighted by molar-refractivity contribution is -0.559. The first-order valence-electron chi connectivity index (χ1n) is 16.6. The van der Waals surface area contributed by atoms with Crippen LogP contribution in [0.2, 0.25) is 0 Å². The molecule has 9 nitrogen and oxygen atoms in total. The molecule has 0 N–H and O–H groups in total. The van der Waals surface area contributed by atoms with Crippen LogP contribution >= 0.6 is 7.14 Å². The zero-order valence-corrected chi connectivity index (χ0v) is 29.8. The summed E-state index contributed by atoms with van der Waals surface area (Å²) in [4.78, 5) is 12.8. The lowest BCUT2D eigenvalue weighted by Crippen LogP contribution is -2.33. The number of benzene rings is 7. The van der Waals surface area contributed by atoms with Crippen LogP contribution in [0.3, 0.4) is 0 Å². The van der Waals surface area contributed by atoms with Crippen LogP contribution < -0.4 is 34.3 Å². The molecule has 10 heteroatoms. The number of rotatable bonds is 9. The van der Waals surface area contributed by atoms with Crippen LogP contribution in [0, 0.1) is 10.1 Å². The molecule has 2 atom stereocenters. The number of methoxy groups -OCH3 is 4. The van der Waals surface area contributed by atoms with Crippen LogP contribution in [0.1, 0.15) is 11.2 Å². The summed E-state index contributed by atoms with van der Waals surface area (Å²) in [6.45, 7) is 0. The minimum atomic E-state index is -4.19. The lowest BCUT2D eigenvalue weighted by atomic mass is 9.88. The number of hydrogen-bond acceptors (Lipinski definition) is 8. The normalized spacial score (nSPS) is 15.3. The fourth-order valence-electron chi connectivity index (χ4n) is 7.56. The van der Waals surface area contributed by atoms with Crippen molar-refractivity contribution in [2.24, 2.45) is 0 Å². The molecule has 0 saturated carbocycles. The molecule has 0 bridgehead atoms. The maximum atomic E-state index is 16.8. The van der Waals surface area contributed by atoms with E-state index in [4.69, 9.17) is 23.7 Å². The molecular weight excluding hydrogens is 677 g/mol. The molecule has 0 spiro atoms. The van der Waals surface area contributed by atoms with Crippen LogP contribution in [-0.4, -0.2) is 39.6 Å². The number of hydrogen-bond donors (Lipinski definition) is 0. The number of ether oxygens (including phenoxy) is 5. The van der Waals surface area contributed by atoms with Crippen molar-refractivity contribution in [3.8, 4) is 39.9 Å². The number of nitrogens with zero attached hydrogens (tertiary/aromatic N) is 1. The summed E-state index contributed by atoms with van der Waals surface area (Å²) in [5.74, 6) is 1.80. The zero-order valence-electron chi connectivity index (χ0n) is 28.9. The predicted octanol–water partition coefficient (Wildman–Crippen LogP) is 8.90. The molecule has 0 aliphatic carbocycles. The van der Waals surface area contributed by atoms with Gasteiger partial charge in [0.1, 0.15) is 28.7 Å². The zero-order chi connectivity index (χ0) is 36.1. The highest BCUT2D eigenvalue weighted by atomic mass is 31.2. The number of nitro groups is 1. The monoisotopic (exact) mass is 711 g/mol. The summed E-state index contributed by atoms with van der Waals surface area (Å²) in [5, 5.41) is 19.2. The largest absolute Gasteiger partial charge is 0.497 e. The van der Waals surface area contributed by atoms with Crippen molar-refractivity contribution in [2.45, 2.75) is 11.9 Å². The lowest BCUT2D eigenvalue weighted by Gasteiger charge is -2.28. The third-order valence-electron chi connectivity index (χ3n) is 9.94. The Morgan fingerprint density at radius 1 is 0.615 bits per heavy atom. The summed E-state index contributed by atoms with van der Waals surface area (Å²) in [5.41, 5.74) is 1.10. The van der Waals surface area contributed by atoms with Crippen molar-refractivity contribution in [1.29, 1.82) is 0 Å². The predicted molar refractivity (Wildman–Crippen MR) is 205 cm³/mol. The maximum Gasteiger partial charge on any atom is 0.368 e. The van der Waals surface area contributed by atoms with E-state index in [1.165, 1.54) is 28.4 Å². The van der Waals surface area contributed by atoms with Crippen molar-refractivity contribution >= 4 is 50.1 Å². The van der Waals surface area contributed by atoms with E-state index < -0.39 is 24.0 Å². The van der Waals surface area contributed by atoms with Gasteiger partial charge >= 0.3 is 6.23 Å². The van der Waals surface area contributed by atoms with Gasteiger partial charge in [-0.1, -0.05) is 72.8 Å². The molecule has 0 amide bonds. The fraction of sp³-hybridized carbons (Fsp3) is 0.143. The smallest absolute Gasteiger partial charge is 0.368 e. The van der Waals surface area contributed by atoms with Crippen molar-refractivity contribution in [3.05, 3.63) is 137 Å². The van der Waals surface area contributed by atoms with E-state index in [-0.39, 0.29) is 10.6 Å². The van der Waals surface area contributed by atoms with E-state index in [9.17, 15) is 10.1 Å². The molecule has 1 heterocycles. The Balaban J connectivity index is 1.58. The van der Waals surface area contributed by atoms with Gasteiger partial charge in [-0.3, -0.25) is 10.1 Å². The van der Waals surface area contributed by atoms with E-state index in [2.05, 4.69) is 18.2 Å². The Morgan fingerprint density at radius 3 is 1.75 bits per heavy atom. The third kappa shape index (κ3) is 5.19. The summed E-state index contributed by atoms with van der Waals surface area (Å²) in [6, 6.07) is 38.0.